The van der Waals surface area contributed by atoms with Gasteiger partial charge in [-0.05, 0) is 23.6 Å². The number of nitrogens with zero attached hydrogens (tertiary/aromatic N) is 1. The van der Waals surface area contributed by atoms with E-state index in [0.29, 0.717) is 5.56 Å². The quantitative estimate of drug-likeness (QED) is 0.454. The molecule has 0 radical (unpaired) electrons. The lowest BCUT2D eigenvalue weighted by Gasteiger charge is -2.34. The molecule has 7 heteroatoms. The maximum atomic E-state index is 12.4. The van der Waals surface area contributed by atoms with Crippen LogP contribution in [0.3, 0.4) is 0 Å². The van der Waals surface area contributed by atoms with Gasteiger partial charge in [-0.3, -0.25) is 14.3 Å². The van der Waals surface area contributed by atoms with Crippen LogP contribution in [0.15, 0.2) is 94.6 Å². The number of benzene rings is 3. The van der Waals surface area contributed by atoms with Crippen LogP contribution in [0, 0.1) is 6.92 Å². The Hall–Kier alpha value is -3.78. The number of nitrogens with one attached hydrogen (secondary N) is 1. The molecular formula is C29H26N2O5. The largest absolute Gasteiger partial charge is 0.390 e. The molecule has 3 aromatic carbocycles. The van der Waals surface area contributed by atoms with Crippen LogP contribution < -0.4 is 11.2 Å². The number of aliphatic hydroxyl groups excluding tert-OH is 1. The first kappa shape index (κ1) is 22.7. The average Bonchev–Trinajstić information content (AvgIpc) is 3.41. The minimum absolute atomic E-state index is 0.103. The SMILES string of the molecule is Cc1cn([C@H]2CC(O)[C@@H](COC3(c4ccccc4)c4ccccc4-c4ccccc43)O2)c(=O)[nH]c1=O. The third-order valence-corrected chi connectivity index (χ3v) is 7.21. The summed E-state index contributed by atoms with van der Waals surface area (Å²) in [5, 5.41) is 10.9. The lowest BCUT2D eigenvalue weighted by molar-refractivity contribution is -0.0934. The summed E-state index contributed by atoms with van der Waals surface area (Å²) in [6.07, 6.45) is -0.516. The summed E-state index contributed by atoms with van der Waals surface area (Å²) >= 11 is 0. The van der Waals surface area contributed by atoms with E-state index in [-0.39, 0.29) is 13.0 Å². The summed E-state index contributed by atoms with van der Waals surface area (Å²) in [5.74, 6) is 0. The van der Waals surface area contributed by atoms with Crippen LogP contribution in [-0.2, 0) is 15.1 Å². The molecule has 0 saturated carbocycles. The van der Waals surface area contributed by atoms with Crippen LogP contribution in [0.1, 0.15) is 34.9 Å². The second-order valence-electron chi connectivity index (χ2n) is 9.36. The molecule has 1 saturated heterocycles. The lowest BCUT2D eigenvalue weighted by Crippen LogP contribution is -2.37. The van der Waals surface area contributed by atoms with Crippen molar-refractivity contribution >= 4 is 0 Å². The van der Waals surface area contributed by atoms with Crippen LogP contribution in [-0.4, -0.2) is 33.5 Å². The second-order valence-corrected chi connectivity index (χ2v) is 9.36. The minimum Gasteiger partial charge on any atom is -0.390 e. The summed E-state index contributed by atoms with van der Waals surface area (Å²) in [6.45, 7) is 1.73. The molecule has 1 aliphatic heterocycles. The molecular weight excluding hydrogens is 456 g/mol. The Labute approximate surface area is 207 Å². The molecule has 6 rings (SSSR count). The number of fused-ring (bicyclic) bond motifs is 3. The second kappa shape index (κ2) is 8.71. The molecule has 3 atom stereocenters. The molecule has 4 aromatic rings. The Morgan fingerprint density at radius 1 is 0.972 bits per heavy atom. The first-order valence-electron chi connectivity index (χ1n) is 12.0. The predicted molar refractivity (Wildman–Crippen MR) is 135 cm³/mol. The van der Waals surface area contributed by atoms with Gasteiger partial charge in [0.2, 0.25) is 0 Å². The van der Waals surface area contributed by atoms with Gasteiger partial charge in [0.15, 0.2) is 0 Å². The van der Waals surface area contributed by atoms with Gasteiger partial charge < -0.3 is 14.6 Å². The number of ether oxygens (including phenoxy) is 2. The summed E-state index contributed by atoms with van der Waals surface area (Å²) in [6, 6.07) is 26.5. The molecule has 1 unspecified atom stereocenters. The average molecular weight is 483 g/mol. The van der Waals surface area contributed by atoms with Gasteiger partial charge in [-0.25, -0.2) is 4.79 Å². The fourth-order valence-corrected chi connectivity index (χ4v) is 5.46. The minimum atomic E-state index is -0.874. The highest BCUT2D eigenvalue weighted by atomic mass is 16.6. The molecule has 0 spiro atoms. The van der Waals surface area contributed by atoms with Gasteiger partial charge in [0, 0.05) is 29.3 Å². The van der Waals surface area contributed by atoms with E-state index in [1.807, 2.05) is 42.5 Å². The van der Waals surface area contributed by atoms with Gasteiger partial charge in [-0.15, -0.1) is 0 Å². The predicted octanol–water partition coefficient (Wildman–Crippen LogP) is 3.48. The zero-order chi connectivity index (χ0) is 24.9. The van der Waals surface area contributed by atoms with E-state index < -0.39 is 35.3 Å². The third kappa shape index (κ3) is 3.47. The van der Waals surface area contributed by atoms with Crippen molar-refractivity contribution in [1.82, 2.24) is 9.55 Å². The summed E-state index contributed by atoms with van der Waals surface area (Å²) < 4.78 is 14.3. The number of aromatic amines is 1. The Kier molecular flexibility index (Phi) is 5.48. The van der Waals surface area contributed by atoms with E-state index in [1.165, 1.54) is 10.8 Å². The highest BCUT2D eigenvalue weighted by Crippen LogP contribution is 2.53. The molecule has 2 N–H and O–H groups in total. The van der Waals surface area contributed by atoms with E-state index in [9.17, 15) is 14.7 Å². The van der Waals surface area contributed by atoms with Gasteiger partial charge in [0.1, 0.15) is 17.9 Å². The van der Waals surface area contributed by atoms with E-state index >= 15 is 0 Å². The van der Waals surface area contributed by atoms with E-state index in [4.69, 9.17) is 9.47 Å². The Morgan fingerprint density at radius 2 is 1.58 bits per heavy atom. The van der Waals surface area contributed by atoms with Crippen molar-refractivity contribution < 1.29 is 14.6 Å². The van der Waals surface area contributed by atoms with Crippen LogP contribution in [0.4, 0.5) is 0 Å². The number of aromatic nitrogens is 2. The topological polar surface area (TPSA) is 93.6 Å². The third-order valence-electron chi connectivity index (χ3n) is 7.21. The van der Waals surface area contributed by atoms with Crippen molar-refractivity contribution in [2.45, 2.75) is 37.4 Å². The normalized spacial score (nSPS) is 21.8. The van der Waals surface area contributed by atoms with Crippen molar-refractivity contribution in [3.8, 4) is 11.1 Å². The number of aliphatic hydroxyl groups is 1. The number of H-pyrrole nitrogens is 1. The monoisotopic (exact) mass is 482 g/mol. The first-order valence-corrected chi connectivity index (χ1v) is 12.0. The van der Waals surface area contributed by atoms with Gasteiger partial charge in [0.05, 0.1) is 12.7 Å². The van der Waals surface area contributed by atoms with Gasteiger partial charge in [0.25, 0.3) is 5.56 Å². The summed E-state index contributed by atoms with van der Waals surface area (Å²) in [7, 11) is 0. The molecule has 2 aliphatic rings. The highest BCUT2D eigenvalue weighted by molar-refractivity contribution is 5.82. The molecule has 0 bridgehead atoms. The molecule has 182 valence electrons. The highest BCUT2D eigenvalue weighted by Gasteiger charge is 2.47. The Balaban J connectivity index is 1.37. The zero-order valence-corrected chi connectivity index (χ0v) is 19.8. The first-order chi connectivity index (χ1) is 17.5. The standard InChI is InChI=1S/C29H26N2O5/c1-18-16-31(28(34)30-27(18)33)26-15-24(32)25(36-26)17-35-29(19-9-3-2-4-10-19)22-13-7-5-11-20(22)21-12-6-8-14-23(21)29/h2-14,16,24-26,32H,15,17H2,1H3,(H,30,33,34)/t24?,25-,26-/m1/s1. The maximum Gasteiger partial charge on any atom is 0.330 e. The van der Waals surface area contributed by atoms with Gasteiger partial charge in [-0.2, -0.15) is 0 Å². The van der Waals surface area contributed by atoms with E-state index in [0.717, 1.165) is 27.8 Å². The number of hydrogen-bond donors (Lipinski definition) is 2. The fourth-order valence-electron chi connectivity index (χ4n) is 5.46. The van der Waals surface area contributed by atoms with Crippen LogP contribution in [0.2, 0.25) is 0 Å². The summed E-state index contributed by atoms with van der Waals surface area (Å²) in [4.78, 5) is 26.5. The van der Waals surface area contributed by atoms with Crippen molar-refractivity contribution in [2.75, 3.05) is 6.61 Å². The lowest BCUT2D eigenvalue weighted by atomic mass is 9.84. The molecule has 36 heavy (non-hydrogen) atoms. The molecule has 7 nitrogen and oxygen atoms in total. The maximum absolute atomic E-state index is 12.4. The van der Waals surface area contributed by atoms with Gasteiger partial charge >= 0.3 is 5.69 Å². The zero-order valence-electron chi connectivity index (χ0n) is 19.8. The number of aryl methyl sites for hydroxylation is 1. The van der Waals surface area contributed by atoms with Crippen molar-refractivity contribution in [3.63, 3.8) is 0 Å². The molecule has 1 fully saturated rings. The fraction of sp³-hybridized carbons (Fsp3) is 0.241. The molecule has 1 aromatic heterocycles. The van der Waals surface area contributed by atoms with Crippen molar-refractivity contribution in [2.24, 2.45) is 0 Å². The molecule has 1 aliphatic carbocycles. The van der Waals surface area contributed by atoms with Crippen molar-refractivity contribution in [3.05, 3.63) is 128 Å². The summed E-state index contributed by atoms with van der Waals surface area (Å²) in [5.41, 5.74) is 3.80. The molecule has 2 heterocycles. The van der Waals surface area contributed by atoms with Crippen LogP contribution in [0.25, 0.3) is 11.1 Å². The van der Waals surface area contributed by atoms with Gasteiger partial charge in [-0.1, -0.05) is 78.9 Å². The Morgan fingerprint density at radius 3 is 2.25 bits per heavy atom. The molecule has 0 amide bonds. The number of hydrogen-bond acceptors (Lipinski definition) is 5. The van der Waals surface area contributed by atoms with Crippen molar-refractivity contribution in [1.29, 1.82) is 0 Å². The van der Waals surface area contributed by atoms with E-state index in [1.54, 1.807) is 6.92 Å². The smallest absolute Gasteiger partial charge is 0.330 e. The van der Waals surface area contributed by atoms with Crippen LogP contribution in [0.5, 0.6) is 0 Å². The number of rotatable bonds is 5. The Bertz CT molecular complexity index is 1500. The van der Waals surface area contributed by atoms with Crippen LogP contribution >= 0.6 is 0 Å². The van der Waals surface area contributed by atoms with E-state index in [2.05, 4.69) is 41.4 Å².